The van der Waals surface area contributed by atoms with Crippen LogP contribution in [0.15, 0.2) is 24.3 Å². The van der Waals surface area contributed by atoms with Gasteiger partial charge in [-0.25, -0.2) is 0 Å². The Labute approximate surface area is 127 Å². The van der Waals surface area contributed by atoms with E-state index in [0.29, 0.717) is 18.2 Å². The summed E-state index contributed by atoms with van der Waals surface area (Å²) >= 11 is 0. The molecule has 1 N–H and O–H groups in total. The Bertz CT molecular complexity index is 504. The zero-order chi connectivity index (χ0) is 14.9. The van der Waals surface area contributed by atoms with Gasteiger partial charge >= 0.3 is 0 Å². The topological polar surface area (TPSA) is 32.3 Å². The highest BCUT2D eigenvalue weighted by Crippen LogP contribution is 2.51. The lowest BCUT2D eigenvalue weighted by Gasteiger charge is -2.34. The molecule has 114 valence electrons. The average Bonchev–Trinajstić information content (AvgIpc) is 3.22. The molecule has 1 aliphatic heterocycles. The van der Waals surface area contributed by atoms with Crippen LogP contribution in [0.4, 0.5) is 0 Å². The minimum Gasteiger partial charge on any atom is -0.314 e. The highest BCUT2D eigenvalue weighted by molar-refractivity contribution is 5.78. The number of carbonyl (C=O) groups excluding carboxylic acids is 1. The molecule has 0 aromatic heterocycles. The lowest BCUT2D eigenvalue weighted by atomic mass is 9.90. The van der Waals surface area contributed by atoms with E-state index in [1.807, 2.05) is 0 Å². The minimum atomic E-state index is 0.173. The molecule has 1 saturated heterocycles. The number of nitrogens with zero attached hydrogens (tertiary/aromatic N) is 1. The van der Waals surface area contributed by atoms with Crippen molar-refractivity contribution in [2.75, 3.05) is 19.6 Å². The molecule has 0 bridgehead atoms. The first-order valence-corrected chi connectivity index (χ1v) is 8.13. The van der Waals surface area contributed by atoms with Crippen LogP contribution in [0.1, 0.15) is 44.2 Å². The number of ketones is 1. The maximum Gasteiger partial charge on any atom is 0.130 e. The number of rotatable bonds is 5. The first-order valence-electron chi connectivity index (χ1n) is 8.13. The van der Waals surface area contributed by atoms with Crippen LogP contribution in [-0.4, -0.2) is 36.4 Å². The van der Waals surface area contributed by atoms with Crippen LogP contribution in [0.5, 0.6) is 0 Å². The van der Waals surface area contributed by atoms with Crippen molar-refractivity contribution in [2.24, 2.45) is 0 Å². The van der Waals surface area contributed by atoms with Crippen molar-refractivity contribution in [1.29, 1.82) is 0 Å². The van der Waals surface area contributed by atoms with Crippen LogP contribution in [0.25, 0.3) is 0 Å². The van der Waals surface area contributed by atoms with E-state index in [2.05, 4.69) is 41.4 Å². The Kier molecular flexibility index (Phi) is 4.14. The molecule has 1 atom stereocenters. The Balaban J connectivity index is 1.65. The second kappa shape index (κ2) is 5.90. The molecule has 3 rings (SSSR count). The Morgan fingerprint density at radius 1 is 1.33 bits per heavy atom. The van der Waals surface area contributed by atoms with Gasteiger partial charge in [0.15, 0.2) is 0 Å². The normalized spacial score (nSPS) is 24.8. The van der Waals surface area contributed by atoms with E-state index in [1.54, 1.807) is 6.92 Å². The fraction of sp³-hybridized carbons (Fsp3) is 0.611. The van der Waals surface area contributed by atoms with Crippen molar-refractivity contribution in [3.8, 4) is 0 Å². The third kappa shape index (κ3) is 3.35. The molecule has 0 unspecified atom stereocenters. The fourth-order valence-electron chi connectivity index (χ4n) is 3.51. The first kappa shape index (κ1) is 14.7. The Hall–Kier alpha value is -1.19. The SMILES string of the molecule is CC(=O)CC1(c2ccc(CN3CCNC[C@H]3C)cc2)CC1. The molecule has 1 aromatic carbocycles. The standard InChI is InChI=1S/C18H26N2O/c1-14-12-19-9-10-20(14)13-16-3-5-17(6-4-16)18(7-8-18)11-15(2)21/h3-6,14,19H,7-13H2,1-2H3/t14-/m1/s1. The fourth-order valence-corrected chi connectivity index (χ4v) is 3.51. The monoisotopic (exact) mass is 286 g/mol. The second-order valence-corrected chi connectivity index (χ2v) is 6.88. The number of hydrogen-bond acceptors (Lipinski definition) is 3. The van der Waals surface area contributed by atoms with Gasteiger partial charge in [-0.3, -0.25) is 9.69 Å². The van der Waals surface area contributed by atoms with Crippen LogP contribution >= 0.6 is 0 Å². The van der Waals surface area contributed by atoms with Gasteiger partial charge in [0.2, 0.25) is 0 Å². The molecule has 2 aliphatic rings. The predicted molar refractivity (Wildman–Crippen MR) is 85.4 cm³/mol. The molecule has 21 heavy (non-hydrogen) atoms. The summed E-state index contributed by atoms with van der Waals surface area (Å²) < 4.78 is 0. The summed E-state index contributed by atoms with van der Waals surface area (Å²) in [4.78, 5) is 14.0. The predicted octanol–water partition coefficient (Wildman–Crippen LogP) is 2.49. The first-order chi connectivity index (χ1) is 10.1. The minimum absolute atomic E-state index is 0.173. The van der Waals surface area contributed by atoms with Gasteiger partial charge in [-0.1, -0.05) is 24.3 Å². The zero-order valence-electron chi connectivity index (χ0n) is 13.2. The number of piperazine rings is 1. The van der Waals surface area contributed by atoms with Gasteiger partial charge in [0, 0.05) is 44.1 Å². The van der Waals surface area contributed by atoms with Crippen molar-refractivity contribution >= 4 is 5.78 Å². The Morgan fingerprint density at radius 2 is 2.05 bits per heavy atom. The van der Waals surface area contributed by atoms with E-state index in [0.717, 1.165) is 26.2 Å². The van der Waals surface area contributed by atoms with E-state index in [9.17, 15) is 4.79 Å². The molecule has 0 radical (unpaired) electrons. The largest absolute Gasteiger partial charge is 0.314 e. The van der Waals surface area contributed by atoms with Gasteiger partial charge in [0.1, 0.15) is 5.78 Å². The van der Waals surface area contributed by atoms with Gasteiger partial charge in [-0.15, -0.1) is 0 Å². The van der Waals surface area contributed by atoms with Crippen molar-refractivity contribution in [1.82, 2.24) is 10.2 Å². The number of nitrogens with one attached hydrogen (secondary N) is 1. The van der Waals surface area contributed by atoms with Crippen LogP contribution in [0, 0.1) is 0 Å². The van der Waals surface area contributed by atoms with Crippen molar-refractivity contribution in [3.63, 3.8) is 0 Å². The summed E-state index contributed by atoms with van der Waals surface area (Å²) in [5, 5.41) is 3.43. The number of hydrogen-bond donors (Lipinski definition) is 1. The second-order valence-electron chi connectivity index (χ2n) is 6.88. The van der Waals surface area contributed by atoms with Gasteiger partial charge in [0.05, 0.1) is 0 Å². The Morgan fingerprint density at radius 3 is 2.62 bits per heavy atom. The van der Waals surface area contributed by atoms with E-state index >= 15 is 0 Å². The lowest BCUT2D eigenvalue weighted by molar-refractivity contribution is -0.117. The number of benzene rings is 1. The van der Waals surface area contributed by atoms with Crippen LogP contribution in [0.2, 0.25) is 0 Å². The van der Waals surface area contributed by atoms with Gasteiger partial charge < -0.3 is 5.32 Å². The van der Waals surface area contributed by atoms with Crippen molar-refractivity contribution in [3.05, 3.63) is 35.4 Å². The highest BCUT2D eigenvalue weighted by Gasteiger charge is 2.44. The molecule has 3 heteroatoms. The van der Waals surface area contributed by atoms with E-state index in [1.165, 1.54) is 24.0 Å². The van der Waals surface area contributed by atoms with Gasteiger partial charge in [0.25, 0.3) is 0 Å². The lowest BCUT2D eigenvalue weighted by Crippen LogP contribution is -2.49. The van der Waals surface area contributed by atoms with Crippen LogP contribution < -0.4 is 5.32 Å². The molecule has 2 fully saturated rings. The van der Waals surface area contributed by atoms with Gasteiger partial charge in [-0.2, -0.15) is 0 Å². The maximum atomic E-state index is 11.4. The zero-order valence-corrected chi connectivity index (χ0v) is 13.2. The third-order valence-electron chi connectivity index (χ3n) is 5.03. The van der Waals surface area contributed by atoms with Gasteiger partial charge in [-0.05, 0) is 37.8 Å². The summed E-state index contributed by atoms with van der Waals surface area (Å²) in [7, 11) is 0. The molecule has 0 amide bonds. The van der Waals surface area contributed by atoms with Crippen LogP contribution in [0.3, 0.4) is 0 Å². The molecular weight excluding hydrogens is 260 g/mol. The molecule has 0 spiro atoms. The number of carbonyl (C=O) groups is 1. The molecular formula is C18H26N2O. The summed E-state index contributed by atoms with van der Waals surface area (Å²) in [6, 6.07) is 9.61. The molecule has 1 heterocycles. The van der Waals surface area contributed by atoms with E-state index < -0.39 is 0 Å². The van der Waals surface area contributed by atoms with Crippen molar-refractivity contribution in [2.45, 2.75) is 51.1 Å². The summed E-state index contributed by atoms with van der Waals surface area (Å²) in [5.41, 5.74) is 2.91. The molecule has 3 nitrogen and oxygen atoms in total. The number of Topliss-reactive ketones (excluding diaryl/α,β-unsaturated/α-hetero) is 1. The maximum absolute atomic E-state index is 11.4. The summed E-state index contributed by atoms with van der Waals surface area (Å²) in [6.45, 7) is 8.32. The smallest absolute Gasteiger partial charge is 0.130 e. The van der Waals surface area contributed by atoms with Crippen molar-refractivity contribution < 1.29 is 4.79 Å². The summed E-state index contributed by atoms with van der Waals surface area (Å²) in [6.07, 6.45) is 3.04. The summed E-state index contributed by atoms with van der Waals surface area (Å²) in [5.74, 6) is 0.311. The van der Waals surface area contributed by atoms with E-state index in [4.69, 9.17) is 0 Å². The van der Waals surface area contributed by atoms with E-state index in [-0.39, 0.29) is 5.41 Å². The molecule has 1 aliphatic carbocycles. The molecule has 1 saturated carbocycles. The highest BCUT2D eigenvalue weighted by atomic mass is 16.1. The van der Waals surface area contributed by atoms with Crippen LogP contribution in [-0.2, 0) is 16.8 Å². The molecule has 1 aromatic rings. The average molecular weight is 286 g/mol. The third-order valence-corrected chi connectivity index (χ3v) is 5.03. The quantitative estimate of drug-likeness (QED) is 0.902.